The van der Waals surface area contributed by atoms with Gasteiger partial charge < -0.3 is 4.42 Å². The molecule has 0 atom stereocenters. The smallest absolute Gasteiger partial charge is 0.336 e. The molecule has 3 rings (SSSR count). The van der Waals surface area contributed by atoms with Gasteiger partial charge in [0.1, 0.15) is 5.58 Å². The topological polar surface area (TPSA) is 96.2 Å². The van der Waals surface area contributed by atoms with Gasteiger partial charge in [-0.15, -0.1) is 13.2 Å². The van der Waals surface area contributed by atoms with Gasteiger partial charge >= 0.3 is 22.7 Å². The molecule has 31 heavy (non-hydrogen) atoms. The van der Waals surface area contributed by atoms with E-state index in [0.29, 0.717) is 16.5 Å². The number of hydrogen-bond acceptors (Lipinski definition) is 5. The SMILES string of the molecule is C=CCn1c(=O)n(CC=C)c(=O)n(Cc2cc(=O)oc3cc(C)c(C(C)C)cc23)c1=O. The molecule has 3 aromatic rings. The summed E-state index contributed by atoms with van der Waals surface area (Å²) in [6.45, 7) is 12.9. The summed E-state index contributed by atoms with van der Waals surface area (Å²) in [6, 6.07) is 4.97. The van der Waals surface area contributed by atoms with Crippen LogP contribution in [0.3, 0.4) is 0 Å². The normalized spacial score (nSPS) is 11.2. The molecule has 0 aliphatic rings. The molecule has 0 spiro atoms. The van der Waals surface area contributed by atoms with Crippen LogP contribution in [0.2, 0.25) is 0 Å². The molecule has 0 fully saturated rings. The summed E-state index contributed by atoms with van der Waals surface area (Å²) in [4.78, 5) is 50.6. The Hall–Kier alpha value is -3.68. The molecule has 8 heteroatoms. The lowest BCUT2D eigenvalue weighted by atomic mass is 9.95. The van der Waals surface area contributed by atoms with E-state index in [1.165, 1.54) is 18.2 Å². The largest absolute Gasteiger partial charge is 0.423 e. The fraction of sp³-hybridized carbons (Fsp3) is 0.304. The average Bonchev–Trinajstić information content (AvgIpc) is 2.70. The molecule has 162 valence electrons. The van der Waals surface area contributed by atoms with Crippen molar-refractivity contribution in [3.05, 3.63) is 102 Å². The molecule has 2 heterocycles. The molecule has 0 amide bonds. The number of aryl methyl sites for hydroxylation is 1. The Labute approximate surface area is 178 Å². The summed E-state index contributed by atoms with van der Waals surface area (Å²) in [5, 5.41) is 0.636. The van der Waals surface area contributed by atoms with Crippen LogP contribution in [0.15, 0.2) is 67.1 Å². The highest BCUT2D eigenvalue weighted by atomic mass is 16.4. The van der Waals surface area contributed by atoms with E-state index >= 15 is 0 Å². The second-order valence-corrected chi connectivity index (χ2v) is 7.68. The summed E-state index contributed by atoms with van der Waals surface area (Å²) < 4.78 is 8.15. The summed E-state index contributed by atoms with van der Waals surface area (Å²) in [5.41, 5.74) is 0.0212. The molecule has 0 bridgehead atoms. The van der Waals surface area contributed by atoms with Gasteiger partial charge in [-0.2, -0.15) is 0 Å². The Bertz CT molecular complexity index is 1370. The number of aromatic nitrogens is 3. The lowest BCUT2D eigenvalue weighted by Gasteiger charge is -2.15. The minimum Gasteiger partial charge on any atom is -0.423 e. The Kier molecular flexibility index (Phi) is 6.10. The fourth-order valence-corrected chi connectivity index (χ4v) is 3.70. The molecular formula is C23H25N3O5. The van der Waals surface area contributed by atoms with Crippen molar-refractivity contribution in [2.75, 3.05) is 0 Å². The van der Waals surface area contributed by atoms with Crippen LogP contribution in [-0.4, -0.2) is 13.7 Å². The highest BCUT2D eigenvalue weighted by Crippen LogP contribution is 2.27. The number of fused-ring (bicyclic) bond motifs is 1. The van der Waals surface area contributed by atoms with E-state index in [9.17, 15) is 19.2 Å². The zero-order valence-corrected chi connectivity index (χ0v) is 17.9. The Balaban J connectivity index is 2.33. The predicted molar refractivity (Wildman–Crippen MR) is 120 cm³/mol. The third-order valence-electron chi connectivity index (χ3n) is 5.18. The minimum atomic E-state index is -0.771. The van der Waals surface area contributed by atoms with Gasteiger partial charge in [0.25, 0.3) is 0 Å². The van der Waals surface area contributed by atoms with Gasteiger partial charge in [0.2, 0.25) is 0 Å². The van der Waals surface area contributed by atoms with Crippen molar-refractivity contribution < 1.29 is 4.42 Å². The Morgan fingerprint density at radius 1 is 0.903 bits per heavy atom. The first kappa shape index (κ1) is 22.0. The van der Waals surface area contributed by atoms with Gasteiger partial charge in [-0.3, -0.25) is 0 Å². The lowest BCUT2D eigenvalue weighted by Crippen LogP contribution is -2.54. The fourth-order valence-electron chi connectivity index (χ4n) is 3.70. The average molecular weight is 423 g/mol. The van der Waals surface area contributed by atoms with E-state index in [-0.39, 0.29) is 25.6 Å². The molecule has 0 saturated carbocycles. The number of rotatable bonds is 7. The first-order valence-corrected chi connectivity index (χ1v) is 9.93. The molecule has 2 aromatic heterocycles. The van der Waals surface area contributed by atoms with Crippen LogP contribution in [0, 0.1) is 6.92 Å². The van der Waals surface area contributed by atoms with Gasteiger partial charge in [0, 0.05) is 11.5 Å². The zero-order valence-electron chi connectivity index (χ0n) is 17.9. The second-order valence-electron chi connectivity index (χ2n) is 7.68. The van der Waals surface area contributed by atoms with Crippen LogP contribution in [0.1, 0.15) is 36.5 Å². The van der Waals surface area contributed by atoms with Gasteiger partial charge in [0.05, 0.1) is 19.6 Å². The summed E-state index contributed by atoms with van der Waals surface area (Å²) in [6.07, 6.45) is 2.81. The van der Waals surface area contributed by atoms with E-state index < -0.39 is 22.7 Å². The van der Waals surface area contributed by atoms with Crippen molar-refractivity contribution in [2.45, 2.75) is 46.3 Å². The number of allylic oxidation sites excluding steroid dienone is 2. The van der Waals surface area contributed by atoms with Gasteiger partial charge in [0.15, 0.2) is 0 Å². The van der Waals surface area contributed by atoms with Crippen LogP contribution >= 0.6 is 0 Å². The van der Waals surface area contributed by atoms with E-state index in [4.69, 9.17) is 4.42 Å². The third kappa shape index (κ3) is 4.01. The molecule has 0 N–H and O–H groups in total. The van der Waals surface area contributed by atoms with Crippen LogP contribution in [0.5, 0.6) is 0 Å². The molecule has 0 radical (unpaired) electrons. The number of benzene rings is 1. The van der Waals surface area contributed by atoms with Crippen molar-refractivity contribution in [3.8, 4) is 0 Å². The molecule has 0 saturated heterocycles. The van der Waals surface area contributed by atoms with Crippen molar-refractivity contribution in [2.24, 2.45) is 0 Å². The lowest BCUT2D eigenvalue weighted by molar-refractivity contribution is 0.496. The molecule has 0 aliphatic heterocycles. The Morgan fingerprint density at radius 3 is 1.97 bits per heavy atom. The first-order chi connectivity index (χ1) is 14.7. The number of nitrogens with zero attached hydrogens (tertiary/aromatic N) is 3. The van der Waals surface area contributed by atoms with Crippen molar-refractivity contribution in [1.29, 1.82) is 0 Å². The molecule has 8 nitrogen and oxygen atoms in total. The van der Waals surface area contributed by atoms with Gasteiger partial charge in [-0.25, -0.2) is 32.9 Å². The summed E-state index contributed by atoms with van der Waals surface area (Å²) >= 11 is 0. The van der Waals surface area contributed by atoms with E-state index in [2.05, 4.69) is 27.0 Å². The van der Waals surface area contributed by atoms with Crippen LogP contribution in [0.4, 0.5) is 0 Å². The van der Waals surface area contributed by atoms with Crippen molar-refractivity contribution in [1.82, 2.24) is 13.7 Å². The third-order valence-corrected chi connectivity index (χ3v) is 5.18. The number of hydrogen-bond donors (Lipinski definition) is 0. The van der Waals surface area contributed by atoms with E-state index in [1.807, 2.05) is 13.0 Å². The van der Waals surface area contributed by atoms with E-state index in [1.54, 1.807) is 6.07 Å². The van der Waals surface area contributed by atoms with Gasteiger partial charge in [-0.05, 0) is 41.7 Å². The maximum Gasteiger partial charge on any atom is 0.336 e. The summed E-state index contributed by atoms with van der Waals surface area (Å²) in [7, 11) is 0. The van der Waals surface area contributed by atoms with Crippen molar-refractivity contribution >= 4 is 11.0 Å². The van der Waals surface area contributed by atoms with Crippen LogP contribution in [-0.2, 0) is 19.6 Å². The molecule has 0 unspecified atom stereocenters. The zero-order chi connectivity index (χ0) is 22.9. The monoisotopic (exact) mass is 423 g/mol. The predicted octanol–water partition coefficient (Wildman–Crippen LogP) is 2.13. The van der Waals surface area contributed by atoms with E-state index in [0.717, 1.165) is 24.8 Å². The highest BCUT2D eigenvalue weighted by molar-refractivity contribution is 5.82. The van der Waals surface area contributed by atoms with Crippen LogP contribution in [0.25, 0.3) is 11.0 Å². The minimum absolute atomic E-state index is 0.0521. The van der Waals surface area contributed by atoms with Crippen LogP contribution < -0.4 is 22.7 Å². The first-order valence-electron chi connectivity index (χ1n) is 9.93. The van der Waals surface area contributed by atoms with Crippen molar-refractivity contribution in [3.63, 3.8) is 0 Å². The summed E-state index contributed by atoms with van der Waals surface area (Å²) in [5.74, 6) is 0.228. The maximum absolute atomic E-state index is 12.9. The standard InChI is InChI=1S/C23H25N3O5/c1-6-8-24-21(28)25(9-7-2)23(30)26(22(24)29)13-16-11-20(27)31-19-10-15(5)17(14(3)4)12-18(16)19/h6-7,10-12,14H,1-2,8-9,13H2,3-5H3. The second kappa shape index (κ2) is 8.59. The molecule has 1 aromatic carbocycles. The maximum atomic E-state index is 12.9. The Morgan fingerprint density at radius 2 is 1.45 bits per heavy atom. The quantitative estimate of drug-likeness (QED) is 0.428. The highest BCUT2D eigenvalue weighted by Gasteiger charge is 2.17. The molecular weight excluding hydrogens is 398 g/mol. The molecule has 0 aliphatic carbocycles. The van der Waals surface area contributed by atoms with Gasteiger partial charge in [-0.1, -0.05) is 26.0 Å².